The third-order valence-corrected chi connectivity index (χ3v) is 6.99. The number of benzene rings is 1. The smallest absolute Gasteiger partial charge is 0.217 e. The first-order chi connectivity index (χ1) is 11.0. The van der Waals surface area contributed by atoms with Crippen LogP contribution >= 0.6 is 15.9 Å². The van der Waals surface area contributed by atoms with Crippen LogP contribution in [0.4, 0.5) is 0 Å². The molecule has 1 aromatic rings. The van der Waals surface area contributed by atoms with Gasteiger partial charge in [-0.25, -0.2) is 8.42 Å². The number of halogens is 1. The molecule has 130 valence electrons. The summed E-state index contributed by atoms with van der Waals surface area (Å²) in [6.07, 6.45) is 3.54. The number of rotatable bonds is 7. The second-order valence-corrected chi connectivity index (χ2v) is 8.90. The quantitative estimate of drug-likeness (QED) is 0.687. The van der Waals surface area contributed by atoms with E-state index < -0.39 is 10.0 Å². The molecule has 1 fully saturated rings. The summed E-state index contributed by atoms with van der Waals surface area (Å²) in [7, 11) is -3.36. The van der Waals surface area contributed by atoms with Crippen molar-refractivity contribution >= 4 is 26.0 Å². The number of ether oxygens (including phenoxy) is 1. The van der Waals surface area contributed by atoms with E-state index in [0.717, 1.165) is 35.7 Å². The van der Waals surface area contributed by atoms with Crippen LogP contribution in [0.25, 0.3) is 0 Å². The van der Waals surface area contributed by atoms with Crippen molar-refractivity contribution < 1.29 is 13.2 Å². The van der Waals surface area contributed by atoms with Crippen molar-refractivity contribution in [1.82, 2.24) is 4.31 Å². The van der Waals surface area contributed by atoms with Gasteiger partial charge in [0, 0.05) is 23.7 Å². The van der Waals surface area contributed by atoms with E-state index in [4.69, 9.17) is 4.74 Å². The minimum Gasteiger partial charge on any atom is -0.377 e. The van der Waals surface area contributed by atoms with Crippen LogP contribution in [0.15, 0.2) is 28.7 Å². The van der Waals surface area contributed by atoms with E-state index in [1.165, 1.54) is 0 Å². The van der Waals surface area contributed by atoms with Gasteiger partial charge in [-0.2, -0.15) is 4.31 Å². The van der Waals surface area contributed by atoms with E-state index >= 15 is 0 Å². The molecule has 4 nitrogen and oxygen atoms in total. The normalized spacial score (nSPS) is 20.6. The Hall–Kier alpha value is -0.430. The highest BCUT2D eigenvalue weighted by atomic mass is 79.9. The number of hydrogen-bond donors (Lipinski definition) is 0. The maximum atomic E-state index is 12.9. The molecule has 1 aromatic carbocycles. The Bertz CT molecular complexity index is 600. The average molecular weight is 404 g/mol. The summed E-state index contributed by atoms with van der Waals surface area (Å²) in [6.45, 7) is 5.16. The molecule has 1 aliphatic heterocycles. The highest BCUT2D eigenvalue weighted by Gasteiger charge is 2.31. The fourth-order valence-electron chi connectivity index (χ4n) is 3.03. The Balaban J connectivity index is 2.20. The lowest BCUT2D eigenvalue weighted by molar-refractivity contribution is 0.0297. The van der Waals surface area contributed by atoms with Crippen molar-refractivity contribution in [3.05, 3.63) is 34.3 Å². The SMILES string of the molecule is CCCN(C(C)c1ccccc1Br)S(=O)(=O)CC1CCCCO1. The van der Waals surface area contributed by atoms with Gasteiger partial charge in [-0.1, -0.05) is 41.1 Å². The van der Waals surface area contributed by atoms with Crippen molar-refractivity contribution in [2.75, 3.05) is 18.9 Å². The Morgan fingerprint density at radius 3 is 2.70 bits per heavy atom. The minimum atomic E-state index is -3.36. The number of nitrogens with zero attached hydrogens (tertiary/aromatic N) is 1. The molecule has 1 aliphatic rings. The van der Waals surface area contributed by atoms with Crippen LogP contribution in [0.3, 0.4) is 0 Å². The van der Waals surface area contributed by atoms with Crippen molar-refractivity contribution in [2.24, 2.45) is 0 Å². The van der Waals surface area contributed by atoms with Gasteiger partial charge in [-0.3, -0.25) is 0 Å². The van der Waals surface area contributed by atoms with Gasteiger partial charge < -0.3 is 4.74 Å². The maximum Gasteiger partial charge on any atom is 0.217 e. The zero-order valence-corrected chi connectivity index (χ0v) is 16.3. The largest absolute Gasteiger partial charge is 0.377 e. The molecule has 23 heavy (non-hydrogen) atoms. The van der Waals surface area contributed by atoms with Crippen LogP contribution in [0.2, 0.25) is 0 Å². The van der Waals surface area contributed by atoms with Crippen LogP contribution in [0, 0.1) is 0 Å². The van der Waals surface area contributed by atoms with Gasteiger partial charge >= 0.3 is 0 Å². The first-order valence-electron chi connectivity index (χ1n) is 8.31. The molecule has 6 heteroatoms. The molecule has 0 spiro atoms. The summed E-state index contributed by atoms with van der Waals surface area (Å²) in [5.41, 5.74) is 0.995. The average Bonchev–Trinajstić information content (AvgIpc) is 2.53. The molecule has 2 rings (SSSR count). The van der Waals surface area contributed by atoms with E-state index in [1.807, 2.05) is 38.1 Å². The first kappa shape index (κ1) is 18.9. The Morgan fingerprint density at radius 2 is 2.09 bits per heavy atom. The summed E-state index contributed by atoms with van der Waals surface area (Å²) in [6, 6.07) is 7.61. The third kappa shape index (κ3) is 5.02. The molecule has 1 heterocycles. The van der Waals surface area contributed by atoms with Gasteiger partial charge in [-0.15, -0.1) is 0 Å². The van der Waals surface area contributed by atoms with Crippen molar-refractivity contribution in [2.45, 2.75) is 51.7 Å². The molecule has 0 amide bonds. The highest BCUT2D eigenvalue weighted by molar-refractivity contribution is 9.10. The molecule has 1 saturated heterocycles. The molecule has 0 bridgehead atoms. The second kappa shape index (κ2) is 8.60. The Labute approximate surface area is 148 Å². The number of sulfonamides is 1. The third-order valence-electron chi connectivity index (χ3n) is 4.26. The van der Waals surface area contributed by atoms with Crippen LogP contribution in [0.1, 0.15) is 51.1 Å². The lowest BCUT2D eigenvalue weighted by Gasteiger charge is -2.31. The zero-order chi connectivity index (χ0) is 16.9. The van der Waals surface area contributed by atoms with Crippen molar-refractivity contribution in [3.8, 4) is 0 Å². The standard InChI is InChI=1S/C17H26BrNO3S/c1-3-11-19(14(2)16-9-4-5-10-17(16)18)23(20,21)13-15-8-6-7-12-22-15/h4-5,9-10,14-15H,3,6-8,11-13H2,1-2H3. The topological polar surface area (TPSA) is 46.6 Å². The van der Waals surface area contributed by atoms with Gasteiger partial charge in [0.05, 0.1) is 11.9 Å². The lowest BCUT2D eigenvalue weighted by Crippen LogP contribution is -2.40. The highest BCUT2D eigenvalue weighted by Crippen LogP contribution is 2.30. The molecule has 0 saturated carbocycles. The summed E-state index contributed by atoms with van der Waals surface area (Å²) in [5, 5.41) is 0. The van der Waals surface area contributed by atoms with E-state index in [0.29, 0.717) is 13.2 Å². The predicted molar refractivity (Wildman–Crippen MR) is 96.9 cm³/mol. The van der Waals surface area contributed by atoms with Gasteiger partial charge in [0.2, 0.25) is 10.0 Å². The van der Waals surface area contributed by atoms with Crippen LogP contribution < -0.4 is 0 Å². The van der Waals surface area contributed by atoms with Crippen LogP contribution in [-0.4, -0.2) is 37.7 Å². The zero-order valence-electron chi connectivity index (χ0n) is 13.9. The number of hydrogen-bond acceptors (Lipinski definition) is 3. The van der Waals surface area contributed by atoms with E-state index in [-0.39, 0.29) is 17.9 Å². The van der Waals surface area contributed by atoms with Crippen molar-refractivity contribution in [3.63, 3.8) is 0 Å². The molecule has 2 atom stereocenters. The van der Waals surface area contributed by atoms with E-state index in [1.54, 1.807) is 4.31 Å². The molecule has 2 unspecified atom stereocenters. The van der Waals surface area contributed by atoms with E-state index in [2.05, 4.69) is 15.9 Å². The van der Waals surface area contributed by atoms with Crippen molar-refractivity contribution in [1.29, 1.82) is 0 Å². The fraction of sp³-hybridized carbons (Fsp3) is 0.647. The predicted octanol–water partition coefficient (Wildman–Crippen LogP) is 4.12. The second-order valence-electron chi connectivity index (χ2n) is 6.08. The van der Waals surface area contributed by atoms with Crippen LogP contribution in [-0.2, 0) is 14.8 Å². The summed E-state index contributed by atoms with van der Waals surface area (Å²) in [4.78, 5) is 0. The van der Waals surface area contributed by atoms with Gasteiger partial charge in [0.25, 0.3) is 0 Å². The summed E-state index contributed by atoms with van der Waals surface area (Å²) < 4.78 is 34.1. The minimum absolute atomic E-state index is 0.0851. The molecule has 0 aromatic heterocycles. The van der Waals surface area contributed by atoms with Gasteiger partial charge in [-0.05, 0) is 44.2 Å². The molecule has 0 aliphatic carbocycles. The summed E-state index contributed by atoms with van der Waals surface area (Å²) in [5.74, 6) is 0.0851. The first-order valence-corrected chi connectivity index (χ1v) is 10.7. The van der Waals surface area contributed by atoms with Crippen LogP contribution in [0.5, 0.6) is 0 Å². The molecule has 0 N–H and O–H groups in total. The van der Waals surface area contributed by atoms with E-state index in [9.17, 15) is 8.42 Å². The van der Waals surface area contributed by atoms with Gasteiger partial charge in [0.15, 0.2) is 0 Å². The molecular weight excluding hydrogens is 378 g/mol. The summed E-state index contributed by atoms with van der Waals surface area (Å²) >= 11 is 3.54. The monoisotopic (exact) mass is 403 g/mol. The lowest BCUT2D eigenvalue weighted by atomic mass is 10.1. The molecular formula is C17H26BrNO3S. The van der Waals surface area contributed by atoms with Gasteiger partial charge in [0.1, 0.15) is 0 Å². The maximum absolute atomic E-state index is 12.9. The Morgan fingerprint density at radius 1 is 1.35 bits per heavy atom. The Kier molecular flexibility index (Phi) is 7.07. The fourth-order valence-corrected chi connectivity index (χ4v) is 5.63. The molecule has 0 radical (unpaired) electrons.